The SMILES string of the molecule is CCOP(=O)(OCC)OC1CNC1. The Hall–Kier alpha value is 0.0700. The minimum absolute atomic E-state index is 0.0380. The van der Waals surface area contributed by atoms with Crippen molar-refractivity contribution >= 4 is 7.82 Å². The fraction of sp³-hybridized carbons (Fsp3) is 1.00. The van der Waals surface area contributed by atoms with Gasteiger partial charge in [-0.2, -0.15) is 0 Å². The van der Waals surface area contributed by atoms with Gasteiger partial charge in [-0.1, -0.05) is 0 Å². The number of hydrogen-bond acceptors (Lipinski definition) is 5. The van der Waals surface area contributed by atoms with Crippen LogP contribution in [0.2, 0.25) is 0 Å². The van der Waals surface area contributed by atoms with E-state index in [0.717, 1.165) is 0 Å². The molecule has 0 spiro atoms. The van der Waals surface area contributed by atoms with E-state index in [9.17, 15) is 4.57 Å². The van der Waals surface area contributed by atoms with Crippen LogP contribution in [0, 0.1) is 0 Å². The van der Waals surface area contributed by atoms with Crippen molar-refractivity contribution in [3.8, 4) is 0 Å². The minimum Gasteiger partial charge on any atom is -0.311 e. The fourth-order valence-electron chi connectivity index (χ4n) is 0.934. The van der Waals surface area contributed by atoms with Crippen LogP contribution in [0.4, 0.5) is 0 Å². The topological polar surface area (TPSA) is 56.8 Å². The van der Waals surface area contributed by atoms with E-state index in [1.807, 2.05) is 0 Å². The molecule has 78 valence electrons. The molecule has 1 saturated heterocycles. The van der Waals surface area contributed by atoms with Gasteiger partial charge in [0.1, 0.15) is 0 Å². The van der Waals surface area contributed by atoms with Crippen LogP contribution >= 0.6 is 7.82 Å². The molecule has 0 unspecified atom stereocenters. The van der Waals surface area contributed by atoms with E-state index in [1.165, 1.54) is 0 Å². The van der Waals surface area contributed by atoms with Gasteiger partial charge in [-0.05, 0) is 13.8 Å². The highest BCUT2D eigenvalue weighted by atomic mass is 31.2. The lowest BCUT2D eigenvalue weighted by Gasteiger charge is -2.29. The highest BCUT2D eigenvalue weighted by molar-refractivity contribution is 7.48. The maximum atomic E-state index is 11.7. The van der Waals surface area contributed by atoms with Crippen molar-refractivity contribution in [2.45, 2.75) is 20.0 Å². The maximum absolute atomic E-state index is 11.7. The summed E-state index contributed by atoms with van der Waals surface area (Å²) in [6, 6.07) is 0. The lowest BCUT2D eigenvalue weighted by Crippen LogP contribution is -2.48. The first-order chi connectivity index (χ1) is 6.20. The standard InChI is InChI=1S/C7H16NO4P/c1-3-10-13(9,11-4-2)12-7-5-8-6-7/h7-8H,3-6H2,1-2H3. The van der Waals surface area contributed by atoms with E-state index < -0.39 is 7.82 Å². The third-order valence-corrected chi connectivity index (χ3v) is 3.30. The van der Waals surface area contributed by atoms with Crippen LogP contribution in [0.25, 0.3) is 0 Å². The molecule has 1 aliphatic rings. The molecule has 0 atom stereocenters. The highest BCUT2D eigenvalue weighted by Crippen LogP contribution is 2.50. The molecule has 1 rings (SSSR count). The largest absolute Gasteiger partial charge is 0.475 e. The summed E-state index contributed by atoms with van der Waals surface area (Å²) < 4.78 is 26.8. The quantitative estimate of drug-likeness (QED) is 0.665. The second kappa shape index (κ2) is 5.08. The van der Waals surface area contributed by atoms with Gasteiger partial charge in [0.25, 0.3) is 0 Å². The Kier molecular flexibility index (Phi) is 4.35. The van der Waals surface area contributed by atoms with Gasteiger partial charge in [-0.25, -0.2) is 4.57 Å². The molecule has 6 heteroatoms. The van der Waals surface area contributed by atoms with Gasteiger partial charge in [0.05, 0.1) is 19.3 Å². The van der Waals surface area contributed by atoms with Crippen LogP contribution < -0.4 is 5.32 Å². The first-order valence-corrected chi connectivity index (χ1v) is 5.94. The Bertz CT molecular complexity index is 185. The van der Waals surface area contributed by atoms with Gasteiger partial charge >= 0.3 is 7.82 Å². The third-order valence-electron chi connectivity index (χ3n) is 1.60. The van der Waals surface area contributed by atoms with E-state index in [-0.39, 0.29) is 6.10 Å². The maximum Gasteiger partial charge on any atom is 0.475 e. The molecule has 0 aromatic carbocycles. The number of nitrogens with one attached hydrogen (secondary N) is 1. The molecule has 1 aliphatic heterocycles. The van der Waals surface area contributed by atoms with Gasteiger partial charge in [0.2, 0.25) is 0 Å². The summed E-state index contributed by atoms with van der Waals surface area (Å²) in [7, 11) is -3.28. The second-order valence-electron chi connectivity index (χ2n) is 2.67. The lowest BCUT2D eigenvalue weighted by atomic mass is 10.2. The molecule has 1 heterocycles. The molecule has 0 aliphatic carbocycles. The molecule has 1 N–H and O–H groups in total. The fourth-order valence-corrected chi connectivity index (χ4v) is 2.28. The summed E-state index contributed by atoms with van der Waals surface area (Å²) in [5, 5.41) is 3.01. The summed E-state index contributed by atoms with van der Waals surface area (Å²) in [4.78, 5) is 0. The second-order valence-corrected chi connectivity index (χ2v) is 4.29. The Morgan fingerprint density at radius 2 is 1.85 bits per heavy atom. The Morgan fingerprint density at radius 1 is 1.31 bits per heavy atom. The number of hydrogen-bond donors (Lipinski definition) is 1. The summed E-state index contributed by atoms with van der Waals surface area (Å²) in [6.07, 6.45) is -0.0380. The number of rotatable bonds is 6. The van der Waals surface area contributed by atoms with E-state index in [2.05, 4.69) is 5.32 Å². The molecule has 13 heavy (non-hydrogen) atoms. The minimum atomic E-state index is -3.28. The summed E-state index contributed by atoms with van der Waals surface area (Å²) in [5.74, 6) is 0. The normalized spacial score (nSPS) is 18.6. The third kappa shape index (κ3) is 3.37. The van der Waals surface area contributed by atoms with E-state index in [4.69, 9.17) is 13.6 Å². The lowest BCUT2D eigenvalue weighted by molar-refractivity contribution is 0.0595. The number of phosphoric ester groups is 1. The molecule has 0 saturated carbocycles. The van der Waals surface area contributed by atoms with Gasteiger partial charge in [-0.15, -0.1) is 0 Å². The first kappa shape index (κ1) is 11.1. The van der Waals surface area contributed by atoms with Crippen molar-refractivity contribution < 1.29 is 18.1 Å². The van der Waals surface area contributed by atoms with Crippen molar-refractivity contribution in [2.75, 3.05) is 26.3 Å². The molecular weight excluding hydrogens is 193 g/mol. The Balaban J connectivity index is 2.39. The van der Waals surface area contributed by atoms with E-state index >= 15 is 0 Å². The van der Waals surface area contributed by atoms with Gasteiger partial charge < -0.3 is 5.32 Å². The summed E-state index contributed by atoms with van der Waals surface area (Å²) >= 11 is 0. The average molecular weight is 209 g/mol. The monoisotopic (exact) mass is 209 g/mol. The van der Waals surface area contributed by atoms with Crippen molar-refractivity contribution in [3.05, 3.63) is 0 Å². The van der Waals surface area contributed by atoms with Crippen molar-refractivity contribution in [2.24, 2.45) is 0 Å². The Morgan fingerprint density at radius 3 is 2.15 bits per heavy atom. The molecule has 0 bridgehead atoms. The van der Waals surface area contributed by atoms with Gasteiger partial charge in [-0.3, -0.25) is 13.6 Å². The van der Waals surface area contributed by atoms with Crippen LogP contribution in [0.3, 0.4) is 0 Å². The zero-order valence-corrected chi connectivity index (χ0v) is 8.88. The zero-order chi connectivity index (χ0) is 9.73. The van der Waals surface area contributed by atoms with Crippen molar-refractivity contribution in [1.82, 2.24) is 5.32 Å². The predicted octanol–water partition coefficient (Wildman–Crippen LogP) is 1.16. The van der Waals surface area contributed by atoms with Crippen molar-refractivity contribution in [1.29, 1.82) is 0 Å². The molecule has 0 radical (unpaired) electrons. The van der Waals surface area contributed by atoms with Gasteiger partial charge in [0.15, 0.2) is 0 Å². The smallest absolute Gasteiger partial charge is 0.311 e. The first-order valence-electron chi connectivity index (χ1n) is 4.48. The van der Waals surface area contributed by atoms with Crippen LogP contribution in [-0.4, -0.2) is 32.4 Å². The number of phosphoric acid groups is 1. The van der Waals surface area contributed by atoms with Crippen LogP contribution in [-0.2, 0) is 18.1 Å². The average Bonchev–Trinajstić information content (AvgIpc) is 1.98. The van der Waals surface area contributed by atoms with Crippen molar-refractivity contribution in [3.63, 3.8) is 0 Å². The zero-order valence-electron chi connectivity index (χ0n) is 7.99. The molecular formula is C7H16NO4P. The van der Waals surface area contributed by atoms with Gasteiger partial charge in [0, 0.05) is 13.1 Å². The van der Waals surface area contributed by atoms with Crippen LogP contribution in [0.5, 0.6) is 0 Å². The van der Waals surface area contributed by atoms with Crippen LogP contribution in [0.15, 0.2) is 0 Å². The molecule has 0 amide bonds. The molecule has 0 aromatic rings. The molecule has 5 nitrogen and oxygen atoms in total. The van der Waals surface area contributed by atoms with E-state index in [0.29, 0.717) is 26.3 Å². The molecule has 1 fully saturated rings. The van der Waals surface area contributed by atoms with Crippen LogP contribution in [0.1, 0.15) is 13.8 Å². The summed E-state index contributed by atoms with van der Waals surface area (Å²) in [6.45, 7) is 5.60. The van der Waals surface area contributed by atoms with E-state index in [1.54, 1.807) is 13.8 Å². The Labute approximate surface area is 78.4 Å². The summed E-state index contributed by atoms with van der Waals surface area (Å²) in [5.41, 5.74) is 0. The highest BCUT2D eigenvalue weighted by Gasteiger charge is 2.32. The predicted molar refractivity (Wildman–Crippen MR) is 48.6 cm³/mol. The molecule has 0 aromatic heterocycles.